The molecule has 1 rings (SSSR count). The molecular weight excluding hydrogens is 300 g/mol. The first-order chi connectivity index (χ1) is 8.90. The van der Waals surface area contributed by atoms with Crippen molar-refractivity contribution < 1.29 is 0 Å². The highest BCUT2D eigenvalue weighted by Crippen LogP contribution is 2.24. The molecule has 3 heteroatoms. The SMILES string of the molecule is CCNCc1ccc(CN(C)C(C)(C)CC)c(Br)c1. The zero-order valence-electron chi connectivity index (χ0n) is 12.9. The van der Waals surface area contributed by atoms with E-state index in [0.717, 1.165) is 26.1 Å². The lowest BCUT2D eigenvalue weighted by Crippen LogP contribution is -2.39. The molecule has 0 atom stereocenters. The summed E-state index contributed by atoms with van der Waals surface area (Å²) in [7, 11) is 2.20. The van der Waals surface area contributed by atoms with Crippen LogP contribution in [0.1, 0.15) is 45.2 Å². The second-order valence-electron chi connectivity index (χ2n) is 5.73. The van der Waals surface area contributed by atoms with E-state index in [0.29, 0.717) is 0 Å². The largest absolute Gasteiger partial charge is 0.313 e. The van der Waals surface area contributed by atoms with E-state index in [1.165, 1.54) is 15.6 Å². The van der Waals surface area contributed by atoms with Crippen molar-refractivity contribution in [2.45, 2.75) is 52.7 Å². The highest BCUT2D eigenvalue weighted by Gasteiger charge is 2.21. The Bertz CT molecular complexity index is 402. The third-order valence-electron chi connectivity index (χ3n) is 4.00. The molecule has 2 nitrogen and oxygen atoms in total. The summed E-state index contributed by atoms with van der Waals surface area (Å²) in [5, 5.41) is 3.35. The van der Waals surface area contributed by atoms with Crippen LogP contribution >= 0.6 is 15.9 Å². The summed E-state index contributed by atoms with van der Waals surface area (Å²) in [4.78, 5) is 2.41. The summed E-state index contributed by atoms with van der Waals surface area (Å²) in [6.45, 7) is 11.9. The second-order valence-corrected chi connectivity index (χ2v) is 6.58. The third-order valence-corrected chi connectivity index (χ3v) is 4.74. The van der Waals surface area contributed by atoms with Crippen LogP contribution in [0.3, 0.4) is 0 Å². The van der Waals surface area contributed by atoms with E-state index < -0.39 is 0 Å². The van der Waals surface area contributed by atoms with Gasteiger partial charge in [-0.15, -0.1) is 0 Å². The molecule has 0 unspecified atom stereocenters. The van der Waals surface area contributed by atoms with E-state index in [2.05, 4.69) is 79.1 Å². The van der Waals surface area contributed by atoms with E-state index in [4.69, 9.17) is 0 Å². The van der Waals surface area contributed by atoms with Crippen molar-refractivity contribution in [1.29, 1.82) is 0 Å². The summed E-state index contributed by atoms with van der Waals surface area (Å²) in [5.74, 6) is 0. The molecule has 0 spiro atoms. The first kappa shape index (κ1) is 16.7. The summed E-state index contributed by atoms with van der Waals surface area (Å²) < 4.78 is 1.21. The van der Waals surface area contributed by atoms with Crippen molar-refractivity contribution >= 4 is 15.9 Å². The predicted molar refractivity (Wildman–Crippen MR) is 87.4 cm³/mol. The van der Waals surface area contributed by atoms with Crippen LogP contribution in [0.5, 0.6) is 0 Å². The maximum atomic E-state index is 3.70. The number of halogens is 1. The van der Waals surface area contributed by atoms with E-state index in [-0.39, 0.29) is 5.54 Å². The van der Waals surface area contributed by atoms with Gasteiger partial charge < -0.3 is 5.32 Å². The average Bonchev–Trinajstić information content (AvgIpc) is 2.39. The molecule has 0 aliphatic rings. The van der Waals surface area contributed by atoms with E-state index >= 15 is 0 Å². The molecule has 0 saturated heterocycles. The summed E-state index contributed by atoms with van der Waals surface area (Å²) in [6.07, 6.45) is 1.15. The van der Waals surface area contributed by atoms with E-state index in [1.807, 2.05) is 0 Å². The molecule has 0 heterocycles. The first-order valence-corrected chi connectivity index (χ1v) is 7.89. The van der Waals surface area contributed by atoms with Gasteiger partial charge in [0.25, 0.3) is 0 Å². The van der Waals surface area contributed by atoms with Crippen molar-refractivity contribution in [2.24, 2.45) is 0 Å². The van der Waals surface area contributed by atoms with Gasteiger partial charge in [0.1, 0.15) is 0 Å². The molecular formula is C16H27BrN2. The minimum atomic E-state index is 0.238. The molecule has 0 aliphatic carbocycles. The van der Waals surface area contributed by atoms with Crippen LogP contribution in [-0.2, 0) is 13.1 Å². The second kappa shape index (κ2) is 7.41. The molecule has 0 bridgehead atoms. The maximum absolute atomic E-state index is 3.70. The molecule has 1 N–H and O–H groups in total. The Kier molecular flexibility index (Phi) is 6.51. The zero-order chi connectivity index (χ0) is 14.5. The van der Waals surface area contributed by atoms with Gasteiger partial charge in [0.05, 0.1) is 0 Å². The molecule has 0 aliphatic heterocycles. The number of hydrogen-bond donors (Lipinski definition) is 1. The lowest BCUT2D eigenvalue weighted by Gasteiger charge is -2.35. The van der Waals surface area contributed by atoms with Crippen molar-refractivity contribution in [3.05, 3.63) is 33.8 Å². The van der Waals surface area contributed by atoms with Crippen molar-refractivity contribution in [1.82, 2.24) is 10.2 Å². The average molecular weight is 327 g/mol. The fourth-order valence-corrected chi connectivity index (χ4v) is 2.39. The molecule has 0 fully saturated rings. The van der Waals surface area contributed by atoms with Gasteiger partial charge >= 0.3 is 0 Å². The van der Waals surface area contributed by atoms with Gasteiger partial charge in [0.15, 0.2) is 0 Å². The quantitative estimate of drug-likeness (QED) is 0.808. The Hall–Kier alpha value is -0.380. The van der Waals surface area contributed by atoms with Crippen LogP contribution in [0, 0.1) is 0 Å². The van der Waals surface area contributed by atoms with Gasteiger partial charge in [-0.25, -0.2) is 0 Å². The molecule has 0 radical (unpaired) electrons. The molecule has 0 saturated carbocycles. The van der Waals surface area contributed by atoms with Gasteiger partial charge in [0.2, 0.25) is 0 Å². The number of benzene rings is 1. The van der Waals surface area contributed by atoms with Crippen LogP contribution in [0.25, 0.3) is 0 Å². The van der Waals surface area contributed by atoms with Crippen molar-refractivity contribution in [3.63, 3.8) is 0 Å². The zero-order valence-corrected chi connectivity index (χ0v) is 14.5. The number of rotatable bonds is 7. The molecule has 1 aromatic rings. The molecule has 108 valence electrons. The minimum absolute atomic E-state index is 0.238. The molecule has 1 aromatic carbocycles. The first-order valence-electron chi connectivity index (χ1n) is 7.10. The Balaban J connectivity index is 2.74. The fraction of sp³-hybridized carbons (Fsp3) is 0.625. The van der Waals surface area contributed by atoms with Crippen LogP contribution in [0.15, 0.2) is 22.7 Å². The van der Waals surface area contributed by atoms with Crippen molar-refractivity contribution in [3.8, 4) is 0 Å². The number of nitrogens with one attached hydrogen (secondary N) is 1. The topological polar surface area (TPSA) is 15.3 Å². The fourth-order valence-electron chi connectivity index (χ4n) is 1.84. The Morgan fingerprint density at radius 2 is 1.95 bits per heavy atom. The third kappa shape index (κ3) is 4.90. The monoisotopic (exact) mass is 326 g/mol. The van der Waals surface area contributed by atoms with Crippen molar-refractivity contribution in [2.75, 3.05) is 13.6 Å². The van der Waals surface area contributed by atoms with Gasteiger partial charge in [0, 0.05) is 23.1 Å². The van der Waals surface area contributed by atoms with Gasteiger partial charge in [-0.3, -0.25) is 4.90 Å². The Morgan fingerprint density at radius 1 is 1.26 bits per heavy atom. The summed E-state index contributed by atoms with van der Waals surface area (Å²) in [6, 6.07) is 6.68. The highest BCUT2D eigenvalue weighted by atomic mass is 79.9. The lowest BCUT2D eigenvalue weighted by molar-refractivity contribution is 0.143. The normalized spacial score (nSPS) is 12.2. The Morgan fingerprint density at radius 3 is 2.47 bits per heavy atom. The molecule has 19 heavy (non-hydrogen) atoms. The van der Waals surface area contributed by atoms with E-state index in [1.54, 1.807) is 0 Å². The minimum Gasteiger partial charge on any atom is -0.313 e. The Labute approximate surface area is 126 Å². The van der Waals surface area contributed by atoms with Gasteiger partial charge in [-0.1, -0.05) is 41.9 Å². The summed E-state index contributed by atoms with van der Waals surface area (Å²) >= 11 is 3.70. The maximum Gasteiger partial charge on any atom is 0.0247 e. The molecule has 0 aromatic heterocycles. The lowest BCUT2D eigenvalue weighted by atomic mass is 9.99. The van der Waals surface area contributed by atoms with Gasteiger partial charge in [-0.2, -0.15) is 0 Å². The van der Waals surface area contributed by atoms with E-state index in [9.17, 15) is 0 Å². The van der Waals surface area contributed by atoms with Crippen LogP contribution in [0.2, 0.25) is 0 Å². The predicted octanol–water partition coefficient (Wildman–Crippen LogP) is 4.18. The summed E-state index contributed by atoms with van der Waals surface area (Å²) in [5.41, 5.74) is 2.92. The van der Waals surface area contributed by atoms with Crippen LogP contribution in [-0.4, -0.2) is 24.0 Å². The number of nitrogens with zero attached hydrogens (tertiary/aromatic N) is 1. The highest BCUT2D eigenvalue weighted by molar-refractivity contribution is 9.10. The van der Waals surface area contributed by atoms with Crippen LogP contribution < -0.4 is 5.32 Å². The van der Waals surface area contributed by atoms with Crippen LogP contribution in [0.4, 0.5) is 0 Å². The van der Waals surface area contributed by atoms with Gasteiger partial charge in [-0.05, 0) is 51.1 Å². The standard InChI is InChI=1S/C16H27BrN2/c1-6-16(3,4)19(5)12-14-9-8-13(10-15(14)17)11-18-7-2/h8-10,18H,6-7,11-12H2,1-5H3. The number of hydrogen-bond acceptors (Lipinski definition) is 2. The smallest absolute Gasteiger partial charge is 0.0247 e. The molecule has 0 amide bonds.